The highest BCUT2D eigenvalue weighted by Gasteiger charge is 2.30. The van der Waals surface area contributed by atoms with E-state index in [1.165, 1.54) is 11.9 Å². The lowest BCUT2D eigenvalue weighted by Crippen LogP contribution is -2.50. The lowest BCUT2D eigenvalue weighted by molar-refractivity contribution is -0.139. The van der Waals surface area contributed by atoms with Gasteiger partial charge in [0.15, 0.2) is 0 Å². The number of hydrogen-bond donors (Lipinski definition) is 1. The largest absolute Gasteiger partial charge is 0.357 e. The number of nitrogens with zero attached hydrogens (tertiary/aromatic N) is 2. The van der Waals surface area contributed by atoms with Gasteiger partial charge in [-0.2, -0.15) is 0 Å². The zero-order valence-corrected chi connectivity index (χ0v) is 19.8. The monoisotopic (exact) mass is 445 g/mol. The second-order valence-corrected chi connectivity index (χ2v) is 9.70. The Morgan fingerprint density at radius 1 is 1.06 bits per heavy atom. The molecule has 1 N–H and O–H groups in total. The van der Waals surface area contributed by atoms with Crippen LogP contribution < -0.4 is 9.62 Å². The number of carbonyl (C=O) groups excluding carboxylic acids is 2. The lowest BCUT2D eigenvalue weighted by Gasteiger charge is -2.32. The fourth-order valence-electron chi connectivity index (χ4n) is 3.40. The van der Waals surface area contributed by atoms with Gasteiger partial charge in [-0.05, 0) is 50.5 Å². The Morgan fingerprint density at radius 2 is 1.71 bits per heavy atom. The molecule has 31 heavy (non-hydrogen) atoms. The minimum Gasteiger partial charge on any atom is -0.357 e. The Morgan fingerprint density at radius 3 is 2.29 bits per heavy atom. The van der Waals surface area contributed by atoms with Crippen LogP contribution in [0.4, 0.5) is 5.69 Å². The molecule has 2 aromatic rings. The summed E-state index contributed by atoms with van der Waals surface area (Å²) in [5.74, 6) is -0.775. The molecule has 2 rings (SSSR count). The smallest absolute Gasteiger partial charge is 0.244 e. The molecule has 0 aliphatic rings. The van der Waals surface area contributed by atoms with Crippen molar-refractivity contribution in [2.24, 2.45) is 0 Å². The standard InChI is InChI=1S/C23H31N3O4S/c1-16-9-7-11-20(13-16)14-25(19(4)23(28)24-5)22(27)15-26(31(6,29)30)21-12-8-10-17(2)18(21)3/h7-13,19H,14-15H2,1-6H3,(H,24,28)/t19-/m1/s1. The fourth-order valence-corrected chi connectivity index (χ4v) is 4.30. The number of likely N-dealkylation sites (N-methyl/N-ethyl adjacent to an activating group) is 1. The van der Waals surface area contributed by atoms with E-state index in [0.29, 0.717) is 5.69 Å². The third kappa shape index (κ3) is 6.07. The zero-order valence-electron chi connectivity index (χ0n) is 19.0. The summed E-state index contributed by atoms with van der Waals surface area (Å²) in [4.78, 5) is 27.1. The Kier molecular flexibility index (Phi) is 7.84. The molecule has 2 aromatic carbocycles. The van der Waals surface area contributed by atoms with Gasteiger partial charge in [-0.1, -0.05) is 42.0 Å². The van der Waals surface area contributed by atoms with Crippen LogP contribution in [0, 0.1) is 20.8 Å². The van der Waals surface area contributed by atoms with Gasteiger partial charge in [0.25, 0.3) is 0 Å². The van der Waals surface area contributed by atoms with E-state index in [9.17, 15) is 18.0 Å². The average Bonchev–Trinajstić information content (AvgIpc) is 2.70. The number of carbonyl (C=O) groups is 2. The van der Waals surface area contributed by atoms with Crippen LogP contribution in [-0.4, -0.2) is 51.0 Å². The molecule has 2 amide bonds. The molecule has 8 heteroatoms. The van der Waals surface area contributed by atoms with Crippen molar-refractivity contribution >= 4 is 27.5 Å². The molecule has 168 valence electrons. The minimum atomic E-state index is -3.73. The van der Waals surface area contributed by atoms with Crippen molar-refractivity contribution < 1.29 is 18.0 Å². The maximum absolute atomic E-state index is 13.4. The lowest BCUT2D eigenvalue weighted by atomic mass is 10.1. The van der Waals surface area contributed by atoms with Gasteiger partial charge in [-0.15, -0.1) is 0 Å². The van der Waals surface area contributed by atoms with Crippen molar-refractivity contribution in [1.82, 2.24) is 10.2 Å². The van der Waals surface area contributed by atoms with Crippen molar-refractivity contribution in [2.45, 2.75) is 40.3 Å². The molecule has 0 saturated carbocycles. The van der Waals surface area contributed by atoms with Crippen molar-refractivity contribution in [3.05, 3.63) is 64.7 Å². The van der Waals surface area contributed by atoms with Crippen LogP contribution in [0.2, 0.25) is 0 Å². The molecule has 0 saturated heterocycles. The zero-order chi connectivity index (χ0) is 23.3. The summed E-state index contributed by atoms with van der Waals surface area (Å²) in [6.45, 7) is 7.10. The number of benzene rings is 2. The number of aryl methyl sites for hydroxylation is 2. The van der Waals surface area contributed by atoms with Crippen molar-refractivity contribution in [1.29, 1.82) is 0 Å². The van der Waals surface area contributed by atoms with E-state index < -0.39 is 28.5 Å². The Hall–Kier alpha value is -2.87. The predicted molar refractivity (Wildman–Crippen MR) is 123 cm³/mol. The van der Waals surface area contributed by atoms with Gasteiger partial charge >= 0.3 is 0 Å². The van der Waals surface area contributed by atoms with Gasteiger partial charge in [-0.25, -0.2) is 8.42 Å². The first-order valence-electron chi connectivity index (χ1n) is 10.1. The summed E-state index contributed by atoms with van der Waals surface area (Å²) in [6.07, 6.45) is 1.08. The van der Waals surface area contributed by atoms with Gasteiger partial charge in [0.1, 0.15) is 12.6 Å². The van der Waals surface area contributed by atoms with Crippen LogP contribution in [-0.2, 0) is 26.2 Å². The predicted octanol–water partition coefficient (Wildman–Crippen LogP) is 2.54. The topological polar surface area (TPSA) is 86.8 Å². The van der Waals surface area contributed by atoms with Crippen LogP contribution in [0.3, 0.4) is 0 Å². The van der Waals surface area contributed by atoms with E-state index in [-0.39, 0.29) is 12.5 Å². The van der Waals surface area contributed by atoms with Crippen LogP contribution in [0.25, 0.3) is 0 Å². The molecular formula is C23H31N3O4S. The third-order valence-corrected chi connectivity index (χ3v) is 6.50. The van der Waals surface area contributed by atoms with E-state index in [2.05, 4.69) is 5.32 Å². The van der Waals surface area contributed by atoms with Crippen molar-refractivity contribution in [2.75, 3.05) is 24.2 Å². The van der Waals surface area contributed by atoms with Gasteiger partial charge in [0, 0.05) is 13.6 Å². The van der Waals surface area contributed by atoms with E-state index in [1.807, 2.05) is 51.1 Å². The van der Waals surface area contributed by atoms with E-state index >= 15 is 0 Å². The summed E-state index contributed by atoms with van der Waals surface area (Å²) >= 11 is 0. The maximum Gasteiger partial charge on any atom is 0.244 e. The third-order valence-electron chi connectivity index (χ3n) is 5.37. The molecule has 0 spiro atoms. The Labute approximate surface area is 185 Å². The summed E-state index contributed by atoms with van der Waals surface area (Å²) in [5, 5.41) is 2.56. The number of nitrogens with one attached hydrogen (secondary N) is 1. The normalized spacial score (nSPS) is 12.2. The summed E-state index contributed by atoms with van der Waals surface area (Å²) in [7, 11) is -2.22. The van der Waals surface area contributed by atoms with Gasteiger partial charge in [0.2, 0.25) is 21.8 Å². The number of hydrogen-bond acceptors (Lipinski definition) is 4. The quantitative estimate of drug-likeness (QED) is 0.677. The van der Waals surface area contributed by atoms with Crippen LogP contribution in [0.15, 0.2) is 42.5 Å². The second-order valence-electron chi connectivity index (χ2n) is 7.79. The Balaban J connectivity index is 2.43. The molecule has 0 unspecified atom stereocenters. The molecule has 0 aliphatic heterocycles. The van der Waals surface area contributed by atoms with Gasteiger partial charge < -0.3 is 10.2 Å². The first-order valence-corrected chi connectivity index (χ1v) is 11.9. The second kappa shape index (κ2) is 9.96. The highest BCUT2D eigenvalue weighted by Crippen LogP contribution is 2.25. The highest BCUT2D eigenvalue weighted by molar-refractivity contribution is 7.92. The van der Waals surface area contributed by atoms with Crippen molar-refractivity contribution in [3.8, 4) is 0 Å². The molecule has 7 nitrogen and oxygen atoms in total. The first kappa shape index (κ1) is 24.4. The fraction of sp³-hybridized carbons (Fsp3) is 0.391. The molecule has 0 aromatic heterocycles. The van der Waals surface area contributed by atoms with Gasteiger partial charge in [0.05, 0.1) is 11.9 Å². The first-order chi connectivity index (χ1) is 14.5. The highest BCUT2D eigenvalue weighted by atomic mass is 32.2. The van der Waals surface area contributed by atoms with E-state index in [4.69, 9.17) is 0 Å². The number of anilines is 1. The molecule has 0 aliphatic carbocycles. The van der Waals surface area contributed by atoms with Crippen molar-refractivity contribution in [3.63, 3.8) is 0 Å². The molecule has 0 heterocycles. The molecular weight excluding hydrogens is 414 g/mol. The Bertz CT molecular complexity index is 1070. The van der Waals surface area contributed by atoms with Crippen LogP contribution in [0.5, 0.6) is 0 Å². The van der Waals surface area contributed by atoms with E-state index in [1.54, 1.807) is 19.1 Å². The minimum absolute atomic E-state index is 0.194. The SMILES string of the molecule is CNC(=O)[C@@H](C)N(Cc1cccc(C)c1)C(=O)CN(c1cccc(C)c1C)S(C)(=O)=O. The van der Waals surface area contributed by atoms with Crippen LogP contribution in [0.1, 0.15) is 29.2 Å². The summed E-state index contributed by atoms with van der Waals surface area (Å²) < 4.78 is 26.3. The number of amides is 2. The number of rotatable bonds is 8. The summed E-state index contributed by atoms with van der Waals surface area (Å²) in [5.41, 5.74) is 4.06. The molecule has 0 bridgehead atoms. The molecule has 0 radical (unpaired) electrons. The molecule has 1 atom stereocenters. The van der Waals surface area contributed by atoms with E-state index in [0.717, 1.165) is 32.8 Å². The summed E-state index contributed by atoms with van der Waals surface area (Å²) in [6, 6.07) is 12.2. The molecule has 0 fully saturated rings. The number of sulfonamides is 1. The van der Waals surface area contributed by atoms with Crippen LogP contribution >= 0.6 is 0 Å². The van der Waals surface area contributed by atoms with Gasteiger partial charge in [-0.3, -0.25) is 13.9 Å². The maximum atomic E-state index is 13.4. The average molecular weight is 446 g/mol.